The predicted octanol–water partition coefficient (Wildman–Crippen LogP) is 1.67. The van der Waals surface area contributed by atoms with Gasteiger partial charge in [-0.1, -0.05) is 18.2 Å². The van der Waals surface area contributed by atoms with E-state index >= 15 is 0 Å². The van der Waals surface area contributed by atoms with Gasteiger partial charge in [0.25, 0.3) is 0 Å². The molecule has 0 atom stereocenters. The van der Waals surface area contributed by atoms with Crippen molar-refractivity contribution >= 4 is 0 Å². The van der Waals surface area contributed by atoms with Crippen molar-refractivity contribution in [3.8, 4) is 17.2 Å². The van der Waals surface area contributed by atoms with E-state index in [1.54, 1.807) is 9.36 Å². The number of aryl methyl sites for hydroxylation is 1. The Bertz CT molecular complexity index is 623. The minimum atomic E-state index is 0.747. The molecule has 5 nitrogen and oxygen atoms in total. The monoisotopic (exact) mass is 225 g/mol. The van der Waals surface area contributed by atoms with Gasteiger partial charge in [-0.25, -0.2) is 9.67 Å². The lowest BCUT2D eigenvalue weighted by Crippen LogP contribution is -2.00. The maximum atomic E-state index is 4.33. The van der Waals surface area contributed by atoms with Crippen LogP contribution in [-0.4, -0.2) is 24.5 Å². The molecule has 0 aliphatic carbocycles. The van der Waals surface area contributed by atoms with E-state index in [0.717, 1.165) is 17.2 Å². The van der Waals surface area contributed by atoms with E-state index in [0.29, 0.717) is 0 Å². The second kappa shape index (κ2) is 3.86. The van der Waals surface area contributed by atoms with Crippen LogP contribution in [0.5, 0.6) is 0 Å². The molecule has 0 aliphatic heterocycles. The summed E-state index contributed by atoms with van der Waals surface area (Å²) in [5.74, 6) is 0.747. The number of benzene rings is 1. The van der Waals surface area contributed by atoms with Crippen LogP contribution in [0, 0.1) is 0 Å². The zero-order valence-corrected chi connectivity index (χ0v) is 9.35. The third kappa shape index (κ3) is 1.71. The number of nitrogens with zero attached hydrogens (tertiary/aromatic N) is 5. The van der Waals surface area contributed by atoms with Crippen LogP contribution in [0.4, 0.5) is 0 Å². The molecule has 0 bridgehead atoms. The van der Waals surface area contributed by atoms with Gasteiger partial charge < -0.3 is 0 Å². The summed E-state index contributed by atoms with van der Waals surface area (Å²) in [6, 6.07) is 11.8. The van der Waals surface area contributed by atoms with Gasteiger partial charge in [-0.2, -0.15) is 10.2 Å². The van der Waals surface area contributed by atoms with Gasteiger partial charge in [0.1, 0.15) is 12.0 Å². The van der Waals surface area contributed by atoms with Gasteiger partial charge in [-0.3, -0.25) is 4.68 Å². The Morgan fingerprint density at radius 2 is 1.88 bits per heavy atom. The fraction of sp³-hybridized carbons (Fsp3) is 0.0833. The standard InChI is InChI=1S/C12H11N5/c1-16-8-7-11(15-16)12-13-9-14-17(12)10-5-3-2-4-6-10/h2-9H,1H3. The Hall–Kier alpha value is -2.43. The number of hydrogen-bond donors (Lipinski definition) is 0. The lowest BCUT2D eigenvalue weighted by atomic mass is 10.3. The van der Waals surface area contributed by atoms with Crippen LogP contribution >= 0.6 is 0 Å². The molecule has 1 aromatic carbocycles. The fourth-order valence-electron chi connectivity index (χ4n) is 1.71. The Labute approximate surface area is 98.3 Å². The lowest BCUT2D eigenvalue weighted by Gasteiger charge is -2.03. The van der Waals surface area contributed by atoms with Gasteiger partial charge in [0, 0.05) is 13.2 Å². The molecule has 2 heterocycles. The molecule has 0 aliphatic rings. The highest BCUT2D eigenvalue weighted by molar-refractivity contribution is 5.52. The minimum absolute atomic E-state index is 0.747. The van der Waals surface area contributed by atoms with E-state index in [9.17, 15) is 0 Å². The first-order valence-electron chi connectivity index (χ1n) is 5.30. The van der Waals surface area contributed by atoms with Gasteiger partial charge in [0.15, 0.2) is 5.82 Å². The highest BCUT2D eigenvalue weighted by Gasteiger charge is 2.10. The summed E-state index contributed by atoms with van der Waals surface area (Å²) in [6.07, 6.45) is 3.43. The second-order valence-corrected chi connectivity index (χ2v) is 3.71. The van der Waals surface area contributed by atoms with Crippen molar-refractivity contribution in [3.63, 3.8) is 0 Å². The van der Waals surface area contributed by atoms with Gasteiger partial charge in [-0.15, -0.1) is 0 Å². The molecule has 0 saturated heterocycles. The molecule has 5 heteroatoms. The number of rotatable bonds is 2. The van der Waals surface area contributed by atoms with Crippen LogP contribution in [-0.2, 0) is 7.05 Å². The molecule has 84 valence electrons. The summed E-state index contributed by atoms with van der Waals surface area (Å²) in [5, 5.41) is 8.56. The summed E-state index contributed by atoms with van der Waals surface area (Å²) in [7, 11) is 1.88. The molecule has 0 fully saturated rings. The third-order valence-electron chi connectivity index (χ3n) is 2.49. The van der Waals surface area contributed by atoms with Crippen molar-refractivity contribution in [2.24, 2.45) is 7.05 Å². The highest BCUT2D eigenvalue weighted by Crippen LogP contribution is 2.17. The average molecular weight is 225 g/mol. The molecular weight excluding hydrogens is 214 g/mol. The number of para-hydroxylation sites is 1. The third-order valence-corrected chi connectivity index (χ3v) is 2.49. The Kier molecular flexibility index (Phi) is 2.22. The smallest absolute Gasteiger partial charge is 0.183 e. The van der Waals surface area contributed by atoms with Crippen molar-refractivity contribution in [1.82, 2.24) is 24.5 Å². The maximum absolute atomic E-state index is 4.33. The van der Waals surface area contributed by atoms with Crippen LogP contribution in [0.15, 0.2) is 48.9 Å². The van der Waals surface area contributed by atoms with Crippen LogP contribution in [0.1, 0.15) is 0 Å². The van der Waals surface area contributed by atoms with Crippen molar-refractivity contribution < 1.29 is 0 Å². The summed E-state index contributed by atoms with van der Waals surface area (Å²) in [4.78, 5) is 4.25. The van der Waals surface area contributed by atoms with Crippen molar-refractivity contribution in [2.45, 2.75) is 0 Å². The summed E-state index contributed by atoms with van der Waals surface area (Å²) >= 11 is 0. The van der Waals surface area contributed by atoms with E-state index in [-0.39, 0.29) is 0 Å². The molecule has 0 N–H and O–H groups in total. The van der Waals surface area contributed by atoms with Crippen LogP contribution in [0.2, 0.25) is 0 Å². The molecule has 17 heavy (non-hydrogen) atoms. The first kappa shape index (κ1) is 9.77. The van der Waals surface area contributed by atoms with Crippen molar-refractivity contribution in [1.29, 1.82) is 0 Å². The predicted molar refractivity (Wildman–Crippen MR) is 63.6 cm³/mol. The molecule has 0 spiro atoms. The summed E-state index contributed by atoms with van der Waals surface area (Å²) in [6.45, 7) is 0. The second-order valence-electron chi connectivity index (χ2n) is 3.71. The van der Waals surface area contributed by atoms with Gasteiger partial charge in [0.2, 0.25) is 0 Å². The Morgan fingerprint density at radius 1 is 1.06 bits per heavy atom. The molecule has 3 aromatic rings. The first-order valence-corrected chi connectivity index (χ1v) is 5.30. The zero-order valence-electron chi connectivity index (χ0n) is 9.35. The molecule has 0 radical (unpaired) electrons. The molecule has 0 amide bonds. The van der Waals surface area contributed by atoms with Gasteiger partial charge in [0.05, 0.1) is 5.69 Å². The van der Waals surface area contributed by atoms with E-state index in [2.05, 4.69) is 15.2 Å². The quantitative estimate of drug-likeness (QED) is 0.666. The zero-order chi connectivity index (χ0) is 11.7. The molecule has 3 rings (SSSR count). The average Bonchev–Trinajstić information content (AvgIpc) is 2.98. The topological polar surface area (TPSA) is 48.5 Å². The van der Waals surface area contributed by atoms with E-state index in [1.165, 1.54) is 6.33 Å². The lowest BCUT2D eigenvalue weighted by molar-refractivity contribution is 0.765. The van der Waals surface area contributed by atoms with Gasteiger partial charge in [-0.05, 0) is 18.2 Å². The SMILES string of the molecule is Cn1ccc(-c2ncnn2-c2ccccc2)n1. The summed E-state index contributed by atoms with van der Waals surface area (Å²) < 4.78 is 3.53. The van der Waals surface area contributed by atoms with E-state index in [4.69, 9.17) is 0 Å². The number of hydrogen-bond acceptors (Lipinski definition) is 3. The first-order chi connectivity index (χ1) is 8.34. The minimum Gasteiger partial charge on any atom is -0.275 e. The normalized spacial score (nSPS) is 10.6. The van der Waals surface area contributed by atoms with E-state index in [1.807, 2.05) is 49.6 Å². The van der Waals surface area contributed by atoms with E-state index < -0.39 is 0 Å². The molecule has 0 saturated carbocycles. The largest absolute Gasteiger partial charge is 0.275 e. The summed E-state index contributed by atoms with van der Waals surface area (Å²) in [5.41, 5.74) is 1.79. The fourth-order valence-corrected chi connectivity index (χ4v) is 1.71. The molecular formula is C12H11N5. The van der Waals surface area contributed by atoms with Crippen molar-refractivity contribution in [2.75, 3.05) is 0 Å². The Balaban J connectivity index is 2.12. The molecule has 0 unspecified atom stereocenters. The maximum Gasteiger partial charge on any atom is 0.183 e. The highest BCUT2D eigenvalue weighted by atomic mass is 15.4. The number of aromatic nitrogens is 5. The van der Waals surface area contributed by atoms with Crippen LogP contribution in [0.3, 0.4) is 0 Å². The van der Waals surface area contributed by atoms with Gasteiger partial charge >= 0.3 is 0 Å². The Morgan fingerprint density at radius 3 is 2.59 bits per heavy atom. The van der Waals surface area contributed by atoms with Crippen molar-refractivity contribution in [3.05, 3.63) is 48.9 Å². The van der Waals surface area contributed by atoms with Crippen LogP contribution < -0.4 is 0 Å². The molecule has 2 aromatic heterocycles. The van der Waals surface area contributed by atoms with Crippen LogP contribution in [0.25, 0.3) is 17.2 Å².